The van der Waals surface area contributed by atoms with Gasteiger partial charge in [-0.3, -0.25) is 14.9 Å². The number of aliphatic hydroxyl groups is 1. The second-order valence-electron chi connectivity index (χ2n) is 4.75. The summed E-state index contributed by atoms with van der Waals surface area (Å²) in [6.07, 6.45) is 0.824. The summed E-state index contributed by atoms with van der Waals surface area (Å²) in [5.74, 6) is -2.28. The Labute approximate surface area is 132 Å². The molecule has 0 saturated heterocycles. The van der Waals surface area contributed by atoms with Crippen LogP contribution < -0.4 is 0 Å². The summed E-state index contributed by atoms with van der Waals surface area (Å²) in [6.45, 7) is 2.89. The Kier molecular flexibility index (Phi) is 5.83. The van der Waals surface area contributed by atoms with Gasteiger partial charge in [0.05, 0.1) is 16.1 Å². The molecule has 0 fully saturated rings. The van der Waals surface area contributed by atoms with Gasteiger partial charge < -0.3 is 14.9 Å². The van der Waals surface area contributed by atoms with Crippen LogP contribution in [0.2, 0.25) is 0 Å². The first-order valence-corrected chi connectivity index (χ1v) is 6.82. The molecule has 1 aromatic carbocycles. The van der Waals surface area contributed by atoms with Crippen LogP contribution in [0.1, 0.15) is 32.3 Å². The van der Waals surface area contributed by atoms with Crippen molar-refractivity contribution >= 4 is 11.9 Å². The van der Waals surface area contributed by atoms with Crippen molar-refractivity contribution in [1.82, 2.24) is 0 Å². The summed E-state index contributed by atoms with van der Waals surface area (Å²) < 4.78 is 4.91. The van der Waals surface area contributed by atoms with E-state index in [1.165, 1.54) is 12.1 Å². The summed E-state index contributed by atoms with van der Waals surface area (Å²) in [4.78, 5) is 31.3. The highest BCUT2D eigenvalue weighted by atomic mass is 16.7. The van der Waals surface area contributed by atoms with E-state index in [1.54, 1.807) is 18.2 Å². The van der Waals surface area contributed by atoms with Crippen LogP contribution in [0.3, 0.4) is 0 Å². The third-order valence-corrected chi connectivity index (χ3v) is 3.02. The number of hydrogen-bond donors (Lipinski definition) is 2. The maximum atomic E-state index is 11.7. The second-order valence-corrected chi connectivity index (χ2v) is 4.75. The molecule has 2 rings (SSSR count). The maximum Gasteiger partial charge on any atom is 0.451 e. The molecule has 1 atom stereocenters. The number of aliphatic hydroxyl groups excluding tert-OH is 1. The van der Waals surface area contributed by atoms with E-state index in [0.717, 1.165) is 6.92 Å². The number of cyclic esters (lactones) is 1. The molecule has 0 saturated carbocycles. The molecule has 1 aliphatic heterocycles. The second kappa shape index (κ2) is 7.39. The van der Waals surface area contributed by atoms with Gasteiger partial charge in [0.15, 0.2) is 0 Å². The highest BCUT2D eigenvalue weighted by molar-refractivity contribution is 5.92. The Morgan fingerprint density at radius 2 is 1.87 bits per heavy atom. The summed E-state index contributed by atoms with van der Waals surface area (Å²) in [6, 6.07) is 7.74. The predicted molar refractivity (Wildman–Crippen MR) is 79.1 cm³/mol. The Bertz CT molecular complexity index is 634. The SMILES string of the molecule is CC(=O)O.CCCC1=C(O)C(c2ccccc2)([N+](=O)[O-])OC1=O. The number of nitro groups is 1. The molecule has 1 aliphatic rings. The zero-order chi connectivity index (χ0) is 17.6. The molecule has 0 radical (unpaired) electrons. The minimum absolute atomic E-state index is 0.0250. The van der Waals surface area contributed by atoms with Gasteiger partial charge in [-0.05, 0) is 18.6 Å². The van der Waals surface area contributed by atoms with Crippen LogP contribution in [-0.2, 0) is 20.1 Å². The number of carboxylic acids is 1. The van der Waals surface area contributed by atoms with E-state index in [0.29, 0.717) is 6.42 Å². The molecule has 124 valence electrons. The van der Waals surface area contributed by atoms with Crippen molar-refractivity contribution in [3.05, 3.63) is 57.3 Å². The van der Waals surface area contributed by atoms with E-state index in [-0.39, 0.29) is 17.6 Å². The molecule has 1 aromatic rings. The summed E-state index contributed by atoms with van der Waals surface area (Å²) in [7, 11) is 0. The van der Waals surface area contributed by atoms with Gasteiger partial charge in [0, 0.05) is 6.92 Å². The first-order valence-electron chi connectivity index (χ1n) is 6.82. The lowest BCUT2D eigenvalue weighted by molar-refractivity contribution is -0.621. The van der Waals surface area contributed by atoms with Crippen molar-refractivity contribution in [3.8, 4) is 0 Å². The molecule has 1 unspecified atom stereocenters. The van der Waals surface area contributed by atoms with Crippen molar-refractivity contribution < 1.29 is 29.5 Å². The predicted octanol–water partition coefficient (Wildman–Crippen LogP) is 2.38. The fourth-order valence-corrected chi connectivity index (χ4v) is 2.10. The van der Waals surface area contributed by atoms with Crippen LogP contribution in [-0.4, -0.2) is 27.1 Å². The van der Waals surface area contributed by atoms with E-state index in [9.17, 15) is 20.0 Å². The Balaban J connectivity index is 0.000000593. The molecular weight excluding hydrogens is 306 g/mol. The molecule has 0 bridgehead atoms. The third-order valence-electron chi connectivity index (χ3n) is 3.02. The maximum absolute atomic E-state index is 11.7. The van der Waals surface area contributed by atoms with Gasteiger partial charge >= 0.3 is 11.7 Å². The van der Waals surface area contributed by atoms with Gasteiger partial charge in [0.25, 0.3) is 5.97 Å². The van der Waals surface area contributed by atoms with Crippen LogP contribution in [0.5, 0.6) is 0 Å². The lowest BCUT2D eigenvalue weighted by Crippen LogP contribution is -2.38. The summed E-state index contributed by atoms with van der Waals surface area (Å²) >= 11 is 0. The fourth-order valence-electron chi connectivity index (χ4n) is 2.10. The molecule has 0 aliphatic carbocycles. The van der Waals surface area contributed by atoms with Crippen molar-refractivity contribution in [2.75, 3.05) is 0 Å². The van der Waals surface area contributed by atoms with Crippen LogP contribution in [0.15, 0.2) is 41.7 Å². The number of ether oxygens (including phenoxy) is 1. The van der Waals surface area contributed by atoms with Crippen LogP contribution in [0.4, 0.5) is 0 Å². The van der Waals surface area contributed by atoms with Gasteiger partial charge in [-0.1, -0.05) is 31.5 Å². The van der Waals surface area contributed by atoms with Gasteiger partial charge in [0.2, 0.25) is 5.76 Å². The lowest BCUT2D eigenvalue weighted by Gasteiger charge is -2.18. The fraction of sp³-hybridized carbons (Fsp3) is 0.333. The topological polar surface area (TPSA) is 127 Å². The first kappa shape index (κ1) is 18.1. The largest absolute Gasteiger partial charge is 0.502 e. The summed E-state index contributed by atoms with van der Waals surface area (Å²) in [5, 5.41) is 28.9. The van der Waals surface area contributed by atoms with Gasteiger partial charge in [-0.15, -0.1) is 0 Å². The smallest absolute Gasteiger partial charge is 0.451 e. The van der Waals surface area contributed by atoms with Gasteiger partial charge in [-0.2, -0.15) is 0 Å². The number of hydrogen-bond acceptors (Lipinski definition) is 6. The monoisotopic (exact) mass is 323 g/mol. The molecule has 8 nitrogen and oxygen atoms in total. The lowest BCUT2D eigenvalue weighted by atomic mass is 9.99. The molecular formula is C15H17NO7. The molecule has 2 N–H and O–H groups in total. The number of carbonyl (C=O) groups excluding carboxylic acids is 1. The Morgan fingerprint density at radius 1 is 1.35 bits per heavy atom. The van der Waals surface area contributed by atoms with Crippen LogP contribution >= 0.6 is 0 Å². The van der Waals surface area contributed by atoms with E-state index >= 15 is 0 Å². The zero-order valence-electron chi connectivity index (χ0n) is 12.7. The van der Waals surface area contributed by atoms with Crippen molar-refractivity contribution in [2.45, 2.75) is 32.4 Å². The standard InChI is InChI=1S/C13H13NO5.C2H4O2/c1-2-6-10-11(15)13(14(17)18,19-12(10)16)9-7-4-3-5-8-9;1-2(3)4/h3-5,7-8,15H,2,6H2,1H3;1H3,(H,3,4). The van der Waals surface area contributed by atoms with Gasteiger partial charge in [-0.25, -0.2) is 4.79 Å². The van der Waals surface area contributed by atoms with E-state index in [2.05, 4.69) is 0 Å². The van der Waals surface area contributed by atoms with Crippen molar-refractivity contribution in [2.24, 2.45) is 0 Å². The number of nitrogens with zero attached hydrogens (tertiary/aromatic N) is 1. The zero-order valence-corrected chi connectivity index (χ0v) is 12.7. The normalized spacial score (nSPS) is 19.7. The molecule has 23 heavy (non-hydrogen) atoms. The van der Waals surface area contributed by atoms with E-state index in [4.69, 9.17) is 14.6 Å². The van der Waals surface area contributed by atoms with Crippen molar-refractivity contribution in [1.29, 1.82) is 0 Å². The number of aliphatic carboxylic acids is 1. The number of rotatable bonds is 4. The average Bonchev–Trinajstić information content (AvgIpc) is 2.73. The molecule has 0 aromatic heterocycles. The highest BCUT2D eigenvalue weighted by Gasteiger charge is 2.60. The molecule has 0 amide bonds. The molecule has 8 heteroatoms. The first-order chi connectivity index (χ1) is 10.8. The average molecular weight is 323 g/mol. The van der Waals surface area contributed by atoms with Crippen LogP contribution in [0.25, 0.3) is 0 Å². The van der Waals surface area contributed by atoms with E-state index in [1.807, 2.05) is 6.92 Å². The third kappa shape index (κ3) is 3.65. The highest BCUT2D eigenvalue weighted by Crippen LogP contribution is 2.41. The number of esters is 1. The van der Waals surface area contributed by atoms with Crippen LogP contribution in [0, 0.1) is 10.1 Å². The van der Waals surface area contributed by atoms with E-state index < -0.39 is 28.3 Å². The number of carbonyl (C=O) groups is 2. The van der Waals surface area contributed by atoms with Crippen molar-refractivity contribution in [3.63, 3.8) is 0 Å². The minimum Gasteiger partial charge on any atom is -0.502 e. The number of carboxylic acid groups (broad SMARTS) is 1. The molecule has 1 heterocycles. The molecule has 0 spiro atoms. The Hall–Kier alpha value is -2.90. The van der Waals surface area contributed by atoms with Gasteiger partial charge in [0.1, 0.15) is 0 Å². The Morgan fingerprint density at radius 3 is 2.30 bits per heavy atom. The number of benzene rings is 1. The quantitative estimate of drug-likeness (QED) is 0.494. The minimum atomic E-state index is -2.30. The summed E-state index contributed by atoms with van der Waals surface area (Å²) in [5.41, 5.74) is -2.21.